The number of nitrogens with zero attached hydrogens (tertiary/aromatic N) is 3. The van der Waals surface area contributed by atoms with Crippen LogP contribution in [-0.4, -0.2) is 28.9 Å². The van der Waals surface area contributed by atoms with Crippen LogP contribution in [0.3, 0.4) is 0 Å². The normalized spacial score (nSPS) is 22.0. The molecule has 1 fully saturated rings. The maximum atomic E-state index is 5.96. The van der Waals surface area contributed by atoms with Crippen molar-refractivity contribution in [2.75, 3.05) is 18.0 Å². The van der Waals surface area contributed by atoms with Crippen LogP contribution in [0.5, 0.6) is 0 Å². The van der Waals surface area contributed by atoms with Gasteiger partial charge in [-0.2, -0.15) is 5.10 Å². The molecule has 4 heteroatoms. The van der Waals surface area contributed by atoms with E-state index in [0.717, 1.165) is 32.5 Å². The van der Waals surface area contributed by atoms with E-state index in [1.807, 2.05) is 10.9 Å². The Bertz CT molecular complexity index is 307. The van der Waals surface area contributed by atoms with E-state index < -0.39 is 0 Å². The lowest BCUT2D eigenvalue weighted by atomic mass is 10.1. The SMILES string of the molecule is CCCn1cc(N2CCCC(N)C2)cn1. The molecule has 0 aliphatic carbocycles. The van der Waals surface area contributed by atoms with Crippen LogP contribution < -0.4 is 10.6 Å². The molecular formula is C11H20N4. The monoisotopic (exact) mass is 208 g/mol. The third-order valence-electron chi connectivity index (χ3n) is 2.90. The van der Waals surface area contributed by atoms with Crippen LogP contribution in [0, 0.1) is 0 Å². The highest BCUT2D eigenvalue weighted by molar-refractivity contribution is 5.42. The number of anilines is 1. The average molecular weight is 208 g/mol. The van der Waals surface area contributed by atoms with Crippen LogP contribution in [0.15, 0.2) is 12.4 Å². The maximum absolute atomic E-state index is 5.96. The second-order valence-electron chi connectivity index (χ2n) is 4.31. The topological polar surface area (TPSA) is 47.1 Å². The van der Waals surface area contributed by atoms with Gasteiger partial charge in [0.05, 0.1) is 11.9 Å². The molecular weight excluding hydrogens is 188 g/mol. The Morgan fingerprint density at radius 2 is 2.47 bits per heavy atom. The first-order valence-corrected chi connectivity index (χ1v) is 5.82. The molecule has 4 nitrogen and oxygen atoms in total. The second kappa shape index (κ2) is 4.66. The van der Waals surface area contributed by atoms with Gasteiger partial charge in [0.2, 0.25) is 0 Å². The van der Waals surface area contributed by atoms with Crippen molar-refractivity contribution in [1.82, 2.24) is 9.78 Å². The summed E-state index contributed by atoms with van der Waals surface area (Å²) >= 11 is 0. The number of nitrogens with two attached hydrogens (primary N) is 1. The summed E-state index contributed by atoms with van der Waals surface area (Å²) in [5.74, 6) is 0. The van der Waals surface area contributed by atoms with Gasteiger partial charge in [-0.05, 0) is 19.3 Å². The molecule has 2 rings (SSSR count). The summed E-state index contributed by atoms with van der Waals surface area (Å²) < 4.78 is 2.01. The van der Waals surface area contributed by atoms with Gasteiger partial charge in [0, 0.05) is 31.9 Å². The smallest absolute Gasteiger partial charge is 0.0753 e. The van der Waals surface area contributed by atoms with Crippen molar-refractivity contribution in [3.8, 4) is 0 Å². The van der Waals surface area contributed by atoms with Crippen LogP contribution >= 0.6 is 0 Å². The van der Waals surface area contributed by atoms with Crippen LogP contribution in [0.4, 0.5) is 5.69 Å². The molecule has 0 aromatic carbocycles. The summed E-state index contributed by atoms with van der Waals surface area (Å²) in [7, 11) is 0. The van der Waals surface area contributed by atoms with E-state index in [4.69, 9.17) is 5.73 Å². The van der Waals surface area contributed by atoms with E-state index in [2.05, 4.69) is 23.1 Å². The molecule has 15 heavy (non-hydrogen) atoms. The molecule has 84 valence electrons. The van der Waals surface area contributed by atoms with Crippen molar-refractivity contribution in [2.24, 2.45) is 5.73 Å². The molecule has 2 heterocycles. The summed E-state index contributed by atoms with van der Waals surface area (Å²) in [4.78, 5) is 2.34. The number of hydrogen-bond donors (Lipinski definition) is 1. The van der Waals surface area contributed by atoms with Crippen molar-refractivity contribution >= 4 is 5.69 Å². The molecule has 2 N–H and O–H groups in total. The molecule has 0 radical (unpaired) electrons. The highest BCUT2D eigenvalue weighted by Crippen LogP contribution is 2.18. The molecule has 1 unspecified atom stereocenters. The van der Waals surface area contributed by atoms with Crippen LogP contribution in [0.1, 0.15) is 26.2 Å². The summed E-state index contributed by atoms with van der Waals surface area (Å²) in [6, 6.07) is 0.327. The van der Waals surface area contributed by atoms with E-state index in [-0.39, 0.29) is 0 Å². The maximum Gasteiger partial charge on any atom is 0.0753 e. The van der Waals surface area contributed by atoms with Crippen molar-refractivity contribution in [3.63, 3.8) is 0 Å². The minimum Gasteiger partial charge on any atom is -0.367 e. The van der Waals surface area contributed by atoms with Crippen LogP contribution in [-0.2, 0) is 6.54 Å². The molecule has 0 saturated carbocycles. The Kier molecular flexibility index (Phi) is 3.26. The van der Waals surface area contributed by atoms with Gasteiger partial charge in [-0.25, -0.2) is 0 Å². The highest BCUT2D eigenvalue weighted by Gasteiger charge is 2.17. The van der Waals surface area contributed by atoms with Gasteiger partial charge in [-0.1, -0.05) is 6.92 Å². The molecule has 1 aliphatic heterocycles. The fourth-order valence-corrected chi connectivity index (χ4v) is 2.11. The van der Waals surface area contributed by atoms with Gasteiger partial charge in [-0.3, -0.25) is 4.68 Å². The van der Waals surface area contributed by atoms with Crippen LogP contribution in [0.25, 0.3) is 0 Å². The first kappa shape index (κ1) is 10.5. The molecule has 0 amide bonds. The fourth-order valence-electron chi connectivity index (χ4n) is 2.11. The Balaban J connectivity index is 2.01. The molecule has 0 spiro atoms. The summed E-state index contributed by atoms with van der Waals surface area (Å²) in [5, 5.41) is 4.34. The number of aryl methyl sites for hydroxylation is 1. The van der Waals surface area contributed by atoms with Crippen molar-refractivity contribution in [1.29, 1.82) is 0 Å². The number of rotatable bonds is 3. The van der Waals surface area contributed by atoms with Crippen molar-refractivity contribution in [2.45, 2.75) is 38.8 Å². The van der Waals surface area contributed by atoms with E-state index >= 15 is 0 Å². The molecule has 1 saturated heterocycles. The van der Waals surface area contributed by atoms with Gasteiger partial charge in [-0.15, -0.1) is 0 Å². The van der Waals surface area contributed by atoms with E-state index in [9.17, 15) is 0 Å². The van der Waals surface area contributed by atoms with E-state index in [1.54, 1.807) is 0 Å². The standard InChI is InChI=1S/C11H20N4/c1-2-5-15-9-11(7-13-15)14-6-3-4-10(12)8-14/h7,9-10H,2-6,8,12H2,1H3. The Hall–Kier alpha value is -1.03. The first-order chi connectivity index (χ1) is 7.29. The molecule has 1 atom stereocenters. The summed E-state index contributed by atoms with van der Waals surface area (Å²) in [6.45, 7) is 5.25. The third-order valence-corrected chi connectivity index (χ3v) is 2.90. The first-order valence-electron chi connectivity index (χ1n) is 5.82. The zero-order valence-corrected chi connectivity index (χ0v) is 9.39. The average Bonchev–Trinajstić information content (AvgIpc) is 2.67. The third kappa shape index (κ3) is 2.50. The van der Waals surface area contributed by atoms with Gasteiger partial charge in [0.1, 0.15) is 0 Å². The van der Waals surface area contributed by atoms with E-state index in [0.29, 0.717) is 6.04 Å². The molecule has 0 bridgehead atoms. The zero-order valence-electron chi connectivity index (χ0n) is 9.39. The quantitative estimate of drug-likeness (QED) is 0.812. The number of aromatic nitrogens is 2. The fraction of sp³-hybridized carbons (Fsp3) is 0.727. The summed E-state index contributed by atoms with van der Waals surface area (Å²) in [6.07, 6.45) is 7.55. The predicted molar refractivity (Wildman–Crippen MR) is 61.9 cm³/mol. The second-order valence-corrected chi connectivity index (χ2v) is 4.31. The van der Waals surface area contributed by atoms with Gasteiger partial charge in [0.25, 0.3) is 0 Å². The zero-order chi connectivity index (χ0) is 10.7. The lowest BCUT2D eigenvalue weighted by molar-refractivity contribution is 0.506. The number of hydrogen-bond acceptors (Lipinski definition) is 3. The lowest BCUT2D eigenvalue weighted by Gasteiger charge is -2.31. The minimum absolute atomic E-state index is 0.327. The Morgan fingerprint density at radius 1 is 1.60 bits per heavy atom. The molecule has 1 aliphatic rings. The van der Waals surface area contributed by atoms with Crippen molar-refractivity contribution < 1.29 is 0 Å². The van der Waals surface area contributed by atoms with Gasteiger partial charge in [0.15, 0.2) is 0 Å². The van der Waals surface area contributed by atoms with Gasteiger partial charge >= 0.3 is 0 Å². The van der Waals surface area contributed by atoms with Gasteiger partial charge < -0.3 is 10.6 Å². The lowest BCUT2D eigenvalue weighted by Crippen LogP contribution is -2.42. The summed E-state index contributed by atoms with van der Waals surface area (Å²) in [5.41, 5.74) is 7.18. The van der Waals surface area contributed by atoms with E-state index in [1.165, 1.54) is 12.1 Å². The Morgan fingerprint density at radius 3 is 3.20 bits per heavy atom. The molecule has 1 aromatic rings. The Labute approximate surface area is 91.1 Å². The van der Waals surface area contributed by atoms with Crippen molar-refractivity contribution in [3.05, 3.63) is 12.4 Å². The highest BCUT2D eigenvalue weighted by atomic mass is 15.3. The predicted octanol–water partition coefficient (Wildman–Crippen LogP) is 1.22. The largest absolute Gasteiger partial charge is 0.367 e. The van der Waals surface area contributed by atoms with Crippen LogP contribution in [0.2, 0.25) is 0 Å². The minimum atomic E-state index is 0.327. The molecule has 1 aromatic heterocycles. The number of piperidine rings is 1.